The number of hydrogen-bond acceptors (Lipinski definition) is 6. The monoisotopic (exact) mass is 455 g/mol. The summed E-state index contributed by atoms with van der Waals surface area (Å²) in [4.78, 5) is 45.7. The van der Waals surface area contributed by atoms with E-state index in [-0.39, 0.29) is 36.8 Å². The van der Waals surface area contributed by atoms with Crippen LogP contribution in [0.1, 0.15) is 34.3 Å². The Morgan fingerprint density at radius 2 is 1.85 bits per heavy atom. The largest absolute Gasteiger partial charge is 0.367 e. The molecule has 1 aromatic carbocycles. The first-order valence-electron chi connectivity index (χ1n) is 10.9. The number of fused-ring (bicyclic) bond motifs is 1. The molecule has 0 saturated carbocycles. The number of hydrogen-bond donors (Lipinski definition) is 1. The number of nitrogens with one attached hydrogen (secondary N) is 1. The van der Waals surface area contributed by atoms with E-state index in [1.165, 1.54) is 23.2 Å². The Morgan fingerprint density at radius 1 is 1.06 bits per heavy atom. The number of amides is 3. The molecule has 8 nitrogen and oxygen atoms in total. The van der Waals surface area contributed by atoms with Gasteiger partial charge in [0.1, 0.15) is 11.9 Å². The molecule has 0 spiro atoms. The summed E-state index contributed by atoms with van der Waals surface area (Å²) in [6, 6.07) is 5.28. The molecule has 2 aromatic rings. The smallest absolute Gasteiger partial charge is 0.255 e. The number of carbonyl (C=O) groups is 3. The summed E-state index contributed by atoms with van der Waals surface area (Å²) >= 11 is 0. The molecule has 172 valence electrons. The molecule has 33 heavy (non-hydrogen) atoms. The Hall–Kier alpha value is -3.40. The molecular formula is C23H23F2N5O3. The summed E-state index contributed by atoms with van der Waals surface area (Å²) in [5.41, 5.74) is 2.31. The lowest BCUT2D eigenvalue weighted by molar-refractivity contribution is -0.136. The molecule has 1 N–H and O–H groups in total. The minimum atomic E-state index is -0.724. The number of rotatable bonds is 4. The van der Waals surface area contributed by atoms with Crippen molar-refractivity contribution in [3.8, 4) is 0 Å². The fourth-order valence-corrected chi connectivity index (χ4v) is 4.72. The summed E-state index contributed by atoms with van der Waals surface area (Å²) < 4.78 is 28.0. The van der Waals surface area contributed by atoms with E-state index in [0.717, 1.165) is 5.56 Å². The average molecular weight is 455 g/mol. The van der Waals surface area contributed by atoms with E-state index in [4.69, 9.17) is 0 Å². The number of piperidine rings is 1. The number of benzene rings is 1. The lowest BCUT2D eigenvalue weighted by Gasteiger charge is -2.36. The second-order valence-electron chi connectivity index (χ2n) is 8.61. The van der Waals surface area contributed by atoms with Crippen molar-refractivity contribution in [1.29, 1.82) is 0 Å². The third-order valence-electron chi connectivity index (χ3n) is 6.50. The minimum absolute atomic E-state index is 0.175. The van der Waals surface area contributed by atoms with Crippen LogP contribution in [0.5, 0.6) is 0 Å². The molecule has 1 unspecified atom stereocenters. The van der Waals surface area contributed by atoms with E-state index >= 15 is 0 Å². The summed E-state index contributed by atoms with van der Waals surface area (Å²) in [5.74, 6) is -2.19. The van der Waals surface area contributed by atoms with Gasteiger partial charge in [-0.3, -0.25) is 24.6 Å². The van der Waals surface area contributed by atoms with Crippen molar-refractivity contribution in [3.05, 3.63) is 58.9 Å². The SMILES string of the molecule is O=C1CCC(N2Cc3cc(N4CCN(Cc5ccc(F)nc5)CC4)c(F)cc3C2=O)C(=O)N1. The van der Waals surface area contributed by atoms with Crippen LogP contribution >= 0.6 is 0 Å². The van der Waals surface area contributed by atoms with Gasteiger partial charge in [0.2, 0.25) is 17.8 Å². The van der Waals surface area contributed by atoms with Crippen molar-refractivity contribution in [2.24, 2.45) is 0 Å². The van der Waals surface area contributed by atoms with E-state index in [9.17, 15) is 23.2 Å². The number of pyridine rings is 1. The predicted molar refractivity (Wildman–Crippen MR) is 114 cm³/mol. The van der Waals surface area contributed by atoms with Crippen LogP contribution in [0.3, 0.4) is 0 Å². The Kier molecular flexibility index (Phi) is 5.53. The Bertz CT molecular complexity index is 1120. The summed E-state index contributed by atoms with van der Waals surface area (Å²) in [6.45, 7) is 3.48. The van der Waals surface area contributed by atoms with Crippen LogP contribution in [-0.4, -0.2) is 64.7 Å². The molecule has 10 heteroatoms. The molecule has 2 saturated heterocycles. The molecule has 3 amide bonds. The highest BCUT2D eigenvalue weighted by Gasteiger charge is 2.39. The van der Waals surface area contributed by atoms with Crippen LogP contribution in [0.2, 0.25) is 0 Å². The first kappa shape index (κ1) is 21.4. The predicted octanol–water partition coefficient (Wildman–Crippen LogP) is 1.44. The van der Waals surface area contributed by atoms with Gasteiger partial charge in [-0.2, -0.15) is 4.39 Å². The zero-order chi connectivity index (χ0) is 23.1. The highest BCUT2D eigenvalue weighted by atomic mass is 19.1. The van der Waals surface area contributed by atoms with Gasteiger partial charge in [-0.25, -0.2) is 9.37 Å². The number of anilines is 1. The molecular weight excluding hydrogens is 432 g/mol. The van der Waals surface area contributed by atoms with Gasteiger partial charge in [-0.15, -0.1) is 0 Å². The maximum absolute atomic E-state index is 15.0. The zero-order valence-corrected chi connectivity index (χ0v) is 17.9. The molecule has 2 fully saturated rings. The van der Waals surface area contributed by atoms with Crippen LogP contribution in [0.4, 0.5) is 14.5 Å². The maximum atomic E-state index is 15.0. The van der Waals surface area contributed by atoms with Gasteiger partial charge in [0.25, 0.3) is 5.91 Å². The van der Waals surface area contributed by atoms with Crippen molar-refractivity contribution in [3.63, 3.8) is 0 Å². The van der Waals surface area contributed by atoms with Crippen LogP contribution in [0.15, 0.2) is 30.5 Å². The number of carbonyl (C=O) groups excluding carboxylic acids is 3. The van der Waals surface area contributed by atoms with Crippen LogP contribution in [-0.2, 0) is 22.7 Å². The van der Waals surface area contributed by atoms with E-state index in [1.54, 1.807) is 12.1 Å². The van der Waals surface area contributed by atoms with Crippen molar-refractivity contribution < 1.29 is 23.2 Å². The normalized spacial score (nSPS) is 21.4. The number of imide groups is 1. The van der Waals surface area contributed by atoms with Gasteiger partial charge >= 0.3 is 0 Å². The summed E-state index contributed by atoms with van der Waals surface area (Å²) in [6.07, 6.45) is 1.97. The van der Waals surface area contributed by atoms with Crippen molar-refractivity contribution in [2.45, 2.75) is 32.0 Å². The first-order valence-corrected chi connectivity index (χ1v) is 10.9. The topological polar surface area (TPSA) is 85.9 Å². The standard InChI is InChI=1S/C23H23F2N5O3/c24-17-10-16-15(13-30(23(16)33)18-2-4-21(31)27-22(18)32)9-19(17)29-7-5-28(6-8-29)12-14-1-3-20(25)26-11-14/h1,3,9-11,18H,2,4-8,12-13H2,(H,27,31,32). The third kappa shape index (κ3) is 4.18. The lowest BCUT2D eigenvalue weighted by Crippen LogP contribution is -2.52. The fourth-order valence-electron chi connectivity index (χ4n) is 4.72. The van der Waals surface area contributed by atoms with Crippen molar-refractivity contribution >= 4 is 23.4 Å². The maximum Gasteiger partial charge on any atom is 0.255 e. The number of halogens is 2. The van der Waals surface area contributed by atoms with E-state index in [2.05, 4.69) is 15.2 Å². The number of aromatic nitrogens is 1. The molecule has 0 bridgehead atoms. The summed E-state index contributed by atoms with van der Waals surface area (Å²) in [5, 5.41) is 2.27. The fraction of sp³-hybridized carbons (Fsp3) is 0.391. The summed E-state index contributed by atoms with van der Waals surface area (Å²) in [7, 11) is 0. The van der Waals surface area contributed by atoms with Crippen molar-refractivity contribution in [2.75, 3.05) is 31.1 Å². The quantitative estimate of drug-likeness (QED) is 0.555. The van der Waals surface area contributed by atoms with Crippen LogP contribution in [0, 0.1) is 11.8 Å². The van der Waals surface area contributed by atoms with Gasteiger partial charge in [-0.1, -0.05) is 6.07 Å². The molecule has 4 heterocycles. The van der Waals surface area contributed by atoms with Gasteiger partial charge in [0, 0.05) is 57.4 Å². The number of nitrogens with zero attached hydrogens (tertiary/aromatic N) is 4. The van der Waals surface area contributed by atoms with Crippen LogP contribution in [0.25, 0.3) is 0 Å². The molecule has 3 aliphatic rings. The first-order chi connectivity index (χ1) is 15.9. The van der Waals surface area contributed by atoms with Gasteiger partial charge in [0.05, 0.1) is 5.69 Å². The molecule has 0 aliphatic carbocycles. The third-order valence-corrected chi connectivity index (χ3v) is 6.50. The van der Waals surface area contributed by atoms with Crippen LogP contribution < -0.4 is 10.2 Å². The average Bonchev–Trinajstić information content (AvgIpc) is 3.11. The highest BCUT2D eigenvalue weighted by molar-refractivity contribution is 6.05. The van der Waals surface area contributed by atoms with Gasteiger partial charge in [-0.05, 0) is 35.7 Å². The van der Waals surface area contributed by atoms with E-state index < -0.39 is 23.7 Å². The van der Waals surface area contributed by atoms with E-state index in [0.29, 0.717) is 44.0 Å². The molecule has 0 radical (unpaired) electrons. The minimum Gasteiger partial charge on any atom is -0.367 e. The second-order valence-corrected chi connectivity index (χ2v) is 8.61. The molecule has 5 rings (SSSR count). The van der Waals surface area contributed by atoms with Crippen molar-refractivity contribution in [1.82, 2.24) is 20.1 Å². The lowest BCUT2D eigenvalue weighted by atomic mass is 10.0. The van der Waals surface area contributed by atoms with Gasteiger partial charge in [0.15, 0.2) is 0 Å². The molecule has 1 atom stereocenters. The van der Waals surface area contributed by atoms with E-state index in [1.807, 2.05) is 4.90 Å². The number of piperazine rings is 1. The molecule has 3 aliphatic heterocycles. The van der Waals surface area contributed by atoms with Gasteiger partial charge < -0.3 is 9.80 Å². The highest BCUT2D eigenvalue weighted by Crippen LogP contribution is 2.33. The Labute approximate surface area is 189 Å². The zero-order valence-electron chi connectivity index (χ0n) is 17.9. The Morgan fingerprint density at radius 3 is 2.55 bits per heavy atom. The second kappa shape index (κ2) is 8.51. The molecule has 1 aromatic heterocycles. The Balaban J connectivity index is 1.26.